The van der Waals surface area contributed by atoms with E-state index in [1.54, 1.807) is 13.8 Å². The molecule has 160 valence electrons. The number of rotatable bonds is 5. The molecule has 7 heteroatoms. The highest BCUT2D eigenvalue weighted by molar-refractivity contribution is 5.97. The largest absolute Gasteiger partial charge is 0.361 e. The first-order valence-electron chi connectivity index (χ1n) is 10.6. The monoisotopic (exact) mass is 410 g/mol. The number of amides is 2. The first-order valence-corrected chi connectivity index (χ1v) is 10.6. The minimum Gasteiger partial charge on any atom is -0.361 e. The molecule has 2 aromatic rings. The number of hydrogen-bond donors (Lipinski definition) is 1. The molecule has 1 aromatic heterocycles. The van der Waals surface area contributed by atoms with Crippen molar-refractivity contribution in [2.45, 2.75) is 40.3 Å². The molecule has 2 aliphatic rings. The van der Waals surface area contributed by atoms with Crippen molar-refractivity contribution in [2.75, 3.05) is 26.2 Å². The summed E-state index contributed by atoms with van der Waals surface area (Å²) in [4.78, 5) is 30.2. The smallest absolute Gasteiger partial charge is 0.259 e. The van der Waals surface area contributed by atoms with E-state index in [4.69, 9.17) is 4.52 Å². The Hall–Kier alpha value is -2.67. The number of aryl methyl sites for hydroxylation is 2. The third-order valence-corrected chi connectivity index (χ3v) is 6.26. The van der Waals surface area contributed by atoms with E-state index >= 15 is 0 Å². The van der Waals surface area contributed by atoms with Gasteiger partial charge >= 0.3 is 0 Å². The zero-order valence-corrected chi connectivity index (χ0v) is 18.1. The normalized spacial score (nSPS) is 20.6. The Kier molecular flexibility index (Phi) is 5.40. The van der Waals surface area contributed by atoms with E-state index in [1.807, 2.05) is 36.9 Å². The van der Waals surface area contributed by atoms with E-state index in [1.165, 1.54) is 5.56 Å². The number of nitrogens with one attached hydrogen (secondary N) is 1. The van der Waals surface area contributed by atoms with E-state index in [0.29, 0.717) is 36.7 Å². The highest BCUT2D eigenvalue weighted by atomic mass is 16.5. The minimum absolute atomic E-state index is 0.0543. The summed E-state index contributed by atoms with van der Waals surface area (Å²) in [5.41, 5.74) is 2.19. The van der Waals surface area contributed by atoms with Crippen molar-refractivity contribution in [1.29, 1.82) is 0 Å². The molecule has 2 saturated heterocycles. The fourth-order valence-electron chi connectivity index (χ4n) is 4.90. The Morgan fingerprint density at radius 3 is 2.50 bits per heavy atom. The van der Waals surface area contributed by atoms with Crippen molar-refractivity contribution in [3.05, 3.63) is 52.9 Å². The summed E-state index contributed by atoms with van der Waals surface area (Å²) in [6.45, 7) is 11.0. The lowest BCUT2D eigenvalue weighted by Gasteiger charge is -2.50. The van der Waals surface area contributed by atoms with Gasteiger partial charge in [-0.2, -0.15) is 0 Å². The molecule has 1 N–H and O–H groups in total. The van der Waals surface area contributed by atoms with Gasteiger partial charge in [0.15, 0.2) is 0 Å². The molecule has 2 fully saturated rings. The first-order chi connectivity index (χ1) is 14.3. The highest BCUT2D eigenvalue weighted by Crippen LogP contribution is 2.45. The van der Waals surface area contributed by atoms with Gasteiger partial charge in [-0.15, -0.1) is 0 Å². The van der Waals surface area contributed by atoms with Crippen LogP contribution >= 0.6 is 0 Å². The second-order valence-corrected chi connectivity index (χ2v) is 9.09. The fraction of sp³-hybridized carbons (Fsp3) is 0.522. The molecule has 2 aliphatic heterocycles. The van der Waals surface area contributed by atoms with E-state index in [-0.39, 0.29) is 29.2 Å². The van der Waals surface area contributed by atoms with Gasteiger partial charge in [0.05, 0.1) is 11.6 Å². The van der Waals surface area contributed by atoms with Crippen LogP contribution in [-0.4, -0.2) is 59.0 Å². The summed E-state index contributed by atoms with van der Waals surface area (Å²) in [5, 5.41) is 7.00. The van der Waals surface area contributed by atoms with Crippen LogP contribution in [0.5, 0.6) is 0 Å². The second kappa shape index (κ2) is 7.87. The van der Waals surface area contributed by atoms with Crippen LogP contribution in [0.4, 0.5) is 0 Å². The number of aromatic nitrogens is 1. The molecular formula is C23H30N4O3. The highest BCUT2D eigenvalue weighted by Gasteiger charge is 2.58. The number of likely N-dealkylation sites (tertiary alicyclic amines) is 2. The first kappa shape index (κ1) is 20.6. The van der Waals surface area contributed by atoms with Gasteiger partial charge in [0.1, 0.15) is 11.3 Å². The van der Waals surface area contributed by atoms with Gasteiger partial charge in [-0.1, -0.05) is 35.5 Å². The van der Waals surface area contributed by atoms with E-state index in [9.17, 15) is 9.59 Å². The lowest BCUT2D eigenvalue weighted by Crippen LogP contribution is -2.64. The van der Waals surface area contributed by atoms with Crippen molar-refractivity contribution < 1.29 is 14.1 Å². The molecule has 1 atom stereocenters. The maximum atomic E-state index is 13.0. The summed E-state index contributed by atoms with van der Waals surface area (Å²) in [5.74, 6) is 0.452. The second-order valence-electron chi connectivity index (χ2n) is 9.09. The maximum Gasteiger partial charge on any atom is 0.259 e. The number of carbonyl (C=O) groups excluding carboxylic acids is 2. The molecule has 4 rings (SSSR count). The number of benzene rings is 1. The summed E-state index contributed by atoms with van der Waals surface area (Å²) >= 11 is 0. The van der Waals surface area contributed by atoms with Crippen LogP contribution in [0.2, 0.25) is 0 Å². The Morgan fingerprint density at radius 2 is 1.90 bits per heavy atom. The fourth-order valence-corrected chi connectivity index (χ4v) is 4.90. The quantitative estimate of drug-likeness (QED) is 0.819. The third kappa shape index (κ3) is 3.74. The van der Waals surface area contributed by atoms with Crippen LogP contribution in [-0.2, 0) is 11.3 Å². The van der Waals surface area contributed by atoms with Crippen LogP contribution in [0.15, 0.2) is 34.9 Å². The molecule has 7 nitrogen and oxygen atoms in total. The zero-order chi connectivity index (χ0) is 21.5. The van der Waals surface area contributed by atoms with Gasteiger partial charge in [-0.05, 0) is 33.3 Å². The van der Waals surface area contributed by atoms with E-state index < -0.39 is 0 Å². The Bertz CT molecular complexity index is 912. The number of hydrogen-bond acceptors (Lipinski definition) is 5. The summed E-state index contributed by atoms with van der Waals surface area (Å²) in [6, 6.07) is 10.4. The van der Waals surface area contributed by atoms with Crippen LogP contribution < -0.4 is 5.32 Å². The predicted octanol–water partition coefficient (Wildman–Crippen LogP) is 2.39. The van der Waals surface area contributed by atoms with Crippen molar-refractivity contribution in [3.63, 3.8) is 0 Å². The SMILES string of the molecule is Cc1noc(C)c1C(=O)N1CC2(CN(Cc3ccccc3)CC2C(=O)NC(C)C)C1. The van der Waals surface area contributed by atoms with Crippen molar-refractivity contribution in [1.82, 2.24) is 20.3 Å². The van der Waals surface area contributed by atoms with Gasteiger partial charge in [-0.3, -0.25) is 14.5 Å². The van der Waals surface area contributed by atoms with Gasteiger partial charge in [0.25, 0.3) is 5.91 Å². The van der Waals surface area contributed by atoms with E-state index in [2.05, 4.69) is 27.5 Å². The Labute approximate surface area is 177 Å². The predicted molar refractivity (Wildman–Crippen MR) is 113 cm³/mol. The molecule has 3 heterocycles. The zero-order valence-electron chi connectivity index (χ0n) is 18.1. The molecular weight excluding hydrogens is 380 g/mol. The number of nitrogens with zero attached hydrogens (tertiary/aromatic N) is 3. The molecule has 0 aliphatic carbocycles. The molecule has 0 bridgehead atoms. The molecule has 1 unspecified atom stereocenters. The minimum atomic E-state index is -0.206. The van der Waals surface area contributed by atoms with Crippen molar-refractivity contribution in [3.8, 4) is 0 Å². The molecule has 1 aromatic carbocycles. The topological polar surface area (TPSA) is 78.7 Å². The Balaban J connectivity index is 1.51. The van der Waals surface area contributed by atoms with Gasteiger partial charge in [0.2, 0.25) is 5.91 Å². The molecule has 0 saturated carbocycles. The van der Waals surface area contributed by atoms with Crippen molar-refractivity contribution in [2.24, 2.45) is 11.3 Å². The van der Waals surface area contributed by atoms with Crippen LogP contribution in [0.3, 0.4) is 0 Å². The lowest BCUT2D eigenvalue weighted by atomic mass is 9.71. The van der Waals surface area contributed by atoms with Crippen LogP contribution in [0, 0.1) is 25.2 Å². The average molecular weight is 411 g/mol. The standard InChI is InChI=1S/C23H30N4O3/c1-15(2)24-21(28)19-11-26(10-18-8-6-5-7-9-18)12-23(19)13-27(14-23)22(29)20-16(3)25-30-17(20)4/h5-9,15,19H,10-14H2,1-4H3,(H,24,28). The Morgan fingerprint density at radius 1 is 1.20 bits per heavy atom. The van der Waals surface area contributed by atoms with Gasteiger partial charge in [0, 0.05) is 44.2 Å². The number of carbonyl (C=O) groups is 2. The molecule has 2 amide bonds. The van der Waals surface area contributed by atoms with Crippen LogP contribution in [0.25, 0.3) is 0 Å². The summed E-state index contributed by atoms with van der Waals surface area (Å²) < 4.78 is 5.17. The average Bonchev–Trinajstić information content (AvgIpc) is 3.20. The maximum absolute atomic E-state index is 13.0. The summed E-state index contributed by atoms with van der Waals surface area (Å²) in [7, 11) is 0. The summed E-state index contributed by atoms with van der Waals surface area (Å²) in [6.07, 6.45) is 0. The van der Waals surface area contributed by atoms with Gasteiger partial charge < -0.3 is 14.7 Å². The van der Waals surface area contributed by atoms with Crippen LogP contribution in [0.1, 0.15) is 41.2 Å². The van der Waals surface area contributed by atoms with Gasteiger partial charge in [-0.25, -0.2) is 0 Å². The third-order valence-electron chi connectivity index (χ3n) is 6.26. The molecule has 30 heavy (non-hydrogen) atoms. The molecule has 0 radical (unpaired) electrons. The van der Waals surface area contributed by atoms with E-state index in [0.717, 1.165) is 13.1 Å². The molecule has 1 spiro atoms. The van der Waals surface area contributed by atoms with Crippen molar-refractivity contribution >= 4 is 11.8 Å². The lowest BCUT2D eigenvalue weighted by molar-refractivity contribution is -0.131.